The van der Waals surface area contributed by atoms with Crippen molar-refractivity contribution in [3.05, 3.63) is 29.8 Å². The lowest BCUT2D eigenvalue weighted by Gasteiger charge is -2.29. The van der Waals surface area contributed by atoms with Crippen LogP contribution in [0, 0.1) is 17.2 Å². The molecule has 0 aromatic heterocycles. The lowest BCUT2D eigenvalue weighted by Crippen LogP contribution is -2.52. The van der Waals surface area contributed by atoms with Crippen molar-refractivity contribution in [1.82, 2.24) is 10.2 Å². The first-order chi connectivity index (χ1) is 12.0. The first-order valence-corrected chi connectivity index (χ1v) is 8.66. The van der Waals surface area contributed by atoms with Gasteiger partial charge in [-0.3, -0.25) is 9.59 Å². The largest absolute Gasteiger partial charge is 0.497 e. The Morgan fingerprint density at radius 1 is 1.48 bits per heavy atom. The minimum Gasteiger partial charge on any atom is -0.497 e. The molecule has 1 N–H and O–H groups in total. The molecule has 6 nitrogen and oxygen atoms in total. The highest BCUT2D eigenvalue weighted by atomic mass is 16.5. The van der Waals surface area contributed by atoms with E-state index in [0.29, 0.717) is 24.3 Å². The Morgan fingerprint density at radius 2 is 2.24 bits per heavy atom. The van der Waals surface area contributed by atoms with E-state index >= 15 is 0 Å². The molecule has 2 amide bonds. The minimum absolute atomic E-state index is 0.0259. The highest BCUT2D eigenvalue weighted by molar-refractivity contribution is 5.98. The predicted molar refractivity (Wildman–Crippen MR) is 94.1 cm³/mol. The van der Waals surface area contributed by atoms with Gasteiger partial charge in [-0.1, -0.05) is 26.3 Å². The quantitative estimate of drug-likeness (QED) is 0.859. The van der Waals surface area contributed by atoms with Crippen LogP contribution in [-0.4, -0.2) is 42.5 Å². The maximum absolute atomic E-state index is 12.9. The molecule has 1 fully saturated rings. The van der Waals surface area contributed by atoms with Gasteiger partial charge in [0.25, 0.3) is 5.91 Å². The van der Waals surface area contributed by atoms with Crippen molar-refractivity contribution in [3.8, 4) is 11.8 Å². The van der Waals surface area contributed by atoms with Gasteiger partial charge >= 0.3 is 0 Å². The van der Waals surface area contributed by atoms with Crippen molar-refractivity contribution in [3.63, 3.8) is 0 Å². The van der Waals surface area contributed by atoms with Gasteiger partial charge in [-0.05, 0) is 37.0 Å². The number of benzene rings is 1. The smallest absolute Gasteiger partial charge is 0.252 e. The van der Waals surface area contributed by atoms with Crippen LogP contribution < -0.4 is 10.1 Å². The number of hydrogen-bond acceptors (Lipinski definition) is 4. The fourth-order valence-corrected chi connectivity index (χ4v) is 3.02. The normalized spacial score (nSPS) is 19.0. The molecular weight excluding hydrogens is 318 g/mol. The Hall–Kier alpha value is -2.55. The summed E-state index contributed by atoms with van der Waals surface area (Å²) < 4.78 is 5.14. The van der Waals surface area contributed by atoms with Crippen LogP contribution in [0.4, 0.5) is 0 Å². The van der Waals surface area contributed by atoms with Crippen molar-refractivity contribution in [2.24, 2.45) is 5.92 Å². The second kappa shape index (κ2) is 8.52. The van der Waals surface area contributed by atoms with Crippen LogP contribution in [0.3, 0.4) is 0 Å². The van der Waals surface area contributed by atoms with E-state index in [2.05, 4.69) is 11.4 Å². The Morgan fingerprint density at radius 3 is 2.88 bits per heavy atom. The van der Waals surface area contributed by atoms with Crippen LogP contribution in [0.1, 0.15) is 43.5 Å². The highest BCUT2D eigenvalue weighted by Gasteiger charge is 2.36. The molecule has 3 atom stereocenters. The number of likely N-dealkylation sites (tertiary alicyclic amines) is 1. The van der Waals surface area contributed by atoms with Gasteiger partial charge in [0.05, 0.1) is 13.2 Å². The Balaban J connectivity index is 2.18. The zero-order valence-corrected chi connectivity index (χ0v) is 15.0. The second-order valence-corrected chi connectivity index (χ2v) is 6.39. The van der Waals surface area contributed by atoms with Gasteiger partial charge in [0.2, 0.25) is 5.91 Å². The summed E-state index contributed by atoms with van der Waals surface area (Å²) in [6.45, 7) is 4.49. The summed E-state index contributed by atoms with van der Waals surface area (Å²) in [5.74, 6) is 0.0741. The average molecular weight is 343 g/mol. The molecule has 134 valence electrons. The van der Waals surface area contributed by atoms with E-state index in [1.54, 1.807) is 29.2 Å². The number of carbonyl (C=O) groups is 2. The number of amides is 2. The topological polar surface area (TPSA) is 82.4 Å². The van der Waals surface area contributed by atoms with Crippen LogP contribution in [0.25, 0.3) is 0 Å². The van der Waals surface area contributed by atoms with Crippen LogP contribution in [0.15, 0.2) is 24.3 Å². The third-order valence-corrected chi connectivity index (χ3v) is 4.78. The van der Waals surface area contributed by atoms with Crippen molar-refractivity contribution in [1.29, 1.82) is 5.26 Å². The molecule has 0 bridgehead atoms. The van der Waals surface area contributed by atoms with Gasteiger partial charge in [0.1, 0.15) is 17.8 Å². The number of nitriles is 1. The SMILES string of the molecule is CCC(C)[C@H](NC(=O)c1cccc(OC)c1)C(=O)N1CCC[C@H]1C#N. The minimum atomic E-state index is -0.641. The van der Waals surface area contributed by atoms with Gasteiger partial charge in [-0.15, -0.1) is 0 Å². The van der Waals surface area contributed by atoms with Gasteiger partial charge in [0, 0.05) is 12.1 Å². The van der Waals surface area contributed by atoms with Crippen molar-refractivity contribution >= 4 is 11.8 Å². The third-order valence-electron chi connectivity index (χ3n) is 4.78. The predicted octanol–water partition coefficient (Wildman–Crippen LogP) is 2.35. The Kier molecular flexibility index (Phi) is 6.40. The van der Waals surface area contributed by atoms with Gasteiger partial charge in [-0.25, -0.2) is 0 Å². The molecule has 1 aliphatic heterocycles. The maximum atomic E-state index is 12.9. The molecule has 1 aromatic rings. The summed E-state index contributed by atoms with van der Waals surface area (Å²) in [5.41, 5.74) is 0.443. The van der Waals surface area contributed by atoms with Crippen LogP contribution in [-0.2, 0) is 4.79 Å². The number of nitrogens with one attached hydrogen (secondary N) is 1. The molecule has 1 aliphatic rings. The molecule has 1 heterocycles. The van der Waals surface area contributed by atoms with Gasteiger partial charge in [0.15, 0.2) is 0 Å². The lowest BCUT2D eigenvalue weighted by molar-refractivity contribution is -0.134. The molecule has 1 unspecified atom stereocenters. The fraction of sp³-hybridized carbons (Fsp3) is 0.526. The average Bonchev–Trinajstić information content (AvgIpc) is 3.13. The molecule has 25 heavy (non-hydrogen) atoms. The zero-order valence-electron chi connectivity index (χ0n) is 15.0. The van der Waals surface area contributed by atoms with Crippen LogP contribution in [0.5, 0.6) is 5.75 Å². The number of nitrogens with zero attached hydrogens (tertiary/aromatic N) is 2. The molecule has 0 spiro atoms. The van der Waals surface area contributed by atoms with E-state index in [1.165, 1.54) is 7.11 Å². The zero-order chi connectivity index (χ0) is 18.4. The maximum Gasteiger partial charge on any atom is 0.252 e. The Bertz CT molecular complexity index is 668. The van der Waals surface area contributed by atoms with E-state index in [4.69, 9.17) is 4.74 Å². The molecular formula is C19H25N3O3. The number of rotatable bonds is 6. The summed E-state index contributed by atoms with van der Waals surface area (Å²) in [4.78, 5) is 27.2. The lowest BCUT2D eigenvalue weighted by atomic mass is 9.97. The van der Waals surface area contributed by atoms with Crippen molar-refractivity contribution in [2.75, 3.05) is 13.7 Å². The van der Waals surface area contributed by atoms with E-state index < -0.39 is 12.1 Å². The molecule has 1 saturated heterocycles. The summed E-state index contributed by atoms with van der Waals surface area (Å²) in [7, 11) is 1.54. The third kappa shape index (κ3) is 4.30. The first-order valence-electron chi connectivity index (χ1n) is 8.66. The molecule has 0 aliphatic carbocycles. The van der Waals surface area contributed by atoms with Crippen molar-refractivity contribution < 1.29 is 14.3 Å². The summed E-state index contributed by atoms with van der Waals surface area (Å²) in [6.07, 6.45) is 2.26. The van der Waals surface area contributed by atoms with E-state index in [9.17, 15) is 14.9 Å². The van der Waals surface area contributed by atoms with Gasteiger partial charge in [-0.2, -0.15) is 5.26 Å². The highest BCUT2D eigenvalue weighted by Crippen LogP contribution is 2.21. The van der Waals surface area contributed by atoms with E-state index in [-0.39, 0.29) is 17.7 Å². The molecule has 6 heteroatoms. The first kappa shape index (κ1) is 18.8. The standard InChI is InChI=1S/C19H25N3O3/c1-4-13(2)17(19(24)22-10-6-8-15(22)12-20)21-18(23)14-7-5-9-16(11-14)25-3/h5,7,9,11,13,15,17H,4,6,8,10H2,1-3H3,(H,21,23)/t13?,15-,17-/m0/s1. The van der Waals surface area contributed by atoms with E-state index in [0.717, 1.165) is 12.8 Å². The van der Waals surface area contributed by atoms with E-state index in [1.807, 2.05) is 13.8 Å². The fourth-order valence-electron chi connectivity index (χ4n) is 3.02. The van der Waals surface area contributed by atoms with Crippen molar-refractivity contribution in [2.45, 2.75) is 45.2 Å². The number of hydrogen-bond donors (Lipinski definition) is 1. The monoisotopic (exact) mass is 343 g/mol. The number of carbonyl (C=O) groups excluding carboxylic acids is 2. The number of methoxy groups -OCH3 is 1. The Labute approximate surface area is 148 Å². The summed E-state index contributed by atoms with van der Waals surface area (Å²) in [6, 6.07) is 7.97. The molecule has 1 aromatic carbocycles. The summed E-state index contributed by atoms with van der Waals surface area (Å²) in [5, 5.41) is 12.1. The van der Waals surface area contributed by atoms with Gasteiger partial charge < -0.3 is 15.0 Å². The number of ether oxygens (including phenoxy) is 1. The molecule has 0 radical (unpaired) electrons. The second-order valence-electron chi connectivity index (χ2n) is 6.39. The van der Waals surface area contributed by atoms with Crippen LogP contribution >= 0.6 is 0 Å². The van der Waals surface area contributed by atoms with Crippen LogP contribution in [0.2, 0.25) is 0 Å². The molecule has 0 saturated carbocycles. The summed E-state index contributed by atoms with van der Waals surface area (Å²) >= 11 is 0. The molecule has 2 rings (SSSR count).